The molecule has 0 aliphatic heterocycles. The number of halogens is 1. The molecule has 3 N–H and O–H groups in total. The molecular weight excluding hydrogens is 251 g/mol. The van der Waals surface area contributed by atoms with Gasteiger partial charge in [-0.05, 0) is 42.5 Å². The Hall–Kier alpha value is -2.11. The molecule has 102 valence electrons. The molecule has 0 heterocycles. The van der Waals surface area contributed by atoms with Crippen LogP contribution in [0.4, 0.5) is 14.9 Å². The van der Waals surface area contributed by atoms with E-state index in [1.165, 1.54) is 12.1 Å². The van der Waals surface area contributed by atoms with Gasteiger partial charge in [-0.3, -0.25) is 4.79 Å². The average molecular weight is 266 g/mol. The van der Waals surface area contributed by atoms with Crippen LogP contribution in [-0.2, 0) is 4.79 Å². The second-order valence-electron chi connectivity index (χ2n) is 4.54. The molecule has 0 bridgehead atoms. The zero-order valence-electron chi connectivity index (χ0n) is 10.3. The Morgan fingerprint density at radius 2 is 2.11 bits per heavy atom. The summed E-state index contributed by atoms with van der Waals surface area (Å²) in [6.07, 6.45) is 1.82. The van der Waals surface area contributed by atoms with Crippen LogP contribution < -0.4 is 10.6 Å². The first kappa shape index (κ1) is 13.3. The summed E-state index contributed by atoms with van der Waals surface area (Å²) in [6.45, 7) is 0.0534. The quantitative estimate of drug-likeness (QED) is 0.765. The second-order valence-corrected chi connectivity index (χ2v) is 4.54. The molecule has 0 unspecified atom stereocenters. The number of anilines is 1. The van der Waals surface area contributed by atoms with Crippen LogP contribution in [0.3, 0.4) is 0 Å². The van der Waals surface area contributed by atoms with Crippen LogP contribution in [0, 0.1) is 5.82 Å². The Labute approximate surface area is 109 Å². The molecule has 5 nitrogen and oxygen atoms in total. The summed E-state index contributed by atoms with van der Waals surface area (Å²) in [6, 6.07) is 3.96. The Kier molecular flexibility index (Phi) is 3.99. The number of amides is 2. The number of urea groups is 1. The SMILES string of the molecule is O=C(O)CCNC(=O)Nc1ccc(F)c(C2CC2)c1. The van der Waals surface area contributed by atoms with Gasteiger partial charge >= 0.3 is 12.0 Å². The summed E-state index contributed by atoms with van der Waals surface area (Å²) in [4.78, 5) is 21.8. The van der Waals surface area contributed by atoms with Gasteiger partial charge in [0.25, 0.3) is 0 Å². The van der Waals surface area contributed by atoms with Crippen LogP contribution in [0.15, 0.2) is 18.2 Å². The number of carbonyl (C=O) groups excluding carboxylic acids is 1. The number of carboxylic acid groups (broad SMARTS) is 1. The lowest BCUT2D eigenvalue weighted by Crippen LogP contribution is -2.30. The van der Waals surface area contributed by atoms with Gasteiger partial charge < -0.3 is 15.7 Å². The number of carboxylic acids is 1. The lowest BCUT2D eigenvalue weighted by molar-refractivity contribution is -0.136. The van der Waals surface area contributed by atoms with Gasteiger partial charge in [0.05, 0.1) is 6.42 Å². The molecule has 2 rings (SSSR count). The summed E-state index contributed by atoms with van der Waals surface area (Å²) in [5, 5.41) is 13.4. The average Bonchev–Trinajstić information content (AvgIpc) is 3.15. The number of rotatable bonds is 5. The molecule has 1 aliphatic carbocycles. The fraction of sp³-hybridized carbons (Fsp3) is 0.385. The first-order valence-corrected chi connectivity index (χ1v) is 6.12. The van der Waals surface area contributed by atoms with E-state index in [0.717, 1.165) is 12.8 Å². The van der Waals surface area contributed by atoms with Crippen molar-refractivity contribution < 1.29 is 19.1 Å². The molecule has 0 radical (unpaired) electrons. The standard InChI is InChI=1S/C13H15FN2O3/c14-11-4-3-9(7-10(11)8-1-2-8)16-13(19)15-6-5-12(17)18/h3-4,7-8H,1-2,5-6H2,(H,17,18)(H2,15,16,19). The molecule has 1 aromatic rings. The molecule has 1 aliphatic rings. The van der Waals surface area contributed by atoms with Crippen LogP contribution in [0.2, 0.25) is 0 Å². The van der Waals surface area contributed by atoms with Crippen molar-refractivity contribution in [3.8, 4) is 0 Å². The molecule has 0 atom stereocenters. The lowest BCUT2D eigenvalue weighted by atomic mass is 10.1. The van der Waals surface area contributed by atoms with E-state index in [4.69, 9.17) is 5.11 Å². The molecule has 0 saturated heterocycles. The van der Waals surface area contributed by atoms with E-state index in [1.807, 2.05) is 0 Å². The Balaban J connectivity index is 1.89. The summed E-state index contributed by atoms with van der Waals surface area (Å²) < 4.78 is 13.5. The highest BCUT2D eigenvalue weighted by Crippen LogP contribution is 2.41. The Bertz CT molecular complexity index is 501. The Morgan fingerprint density at radius 3 is 2.74 bits per heavy atom. The zero-order chi connectivity index (χ0) is 13.8. The second kappa shape index (κ2) is 5.69. The summed E-state index contributed by atoms with van der Waals surface area (Å²) >= 11 is 0. The highest BCUT2D eigenvalue weighted by molar-refractivity contribution is 5.89. The minimum atomic E-state index is -0.974. The van der Waals surface area contributed by atoms with Crippen molar-refractivity contribution in [2.75, 3.05) is 11.9 Å². The van der Waals surface area contributed by atoms with Gasteiger partial charge in [0.2, 0.25) is 0 Å². The van der Waals surface area contributed by atoms with Gasteiger partial charge in [-0.1, -0.05) is 0 Å². The Morgan fingerprint density at radius 1 is 1.37 bits per heavy atom. The van der Waals surface area contributed by atoms with E-state index in [-0.39, 0.29) is 24.7 Å². The van der Waals surface area contributed by atoms with Gasteiger partial charge in [0.1, 0.15) is 5.82 Å². The summed E-state index contributed by atoms with van der Waals surface area (Å²) in [5.41, 5.74) is 1.14. The van der Waals surface area contributed by atoms with E-state index >= 15 is 0 Å². The van der Waals surface area contributed by atoms with Crippen molar-refractivity contribution >= 4 is 17.7 Å². The fourth-order valence-corrected chi connectivity index (χ4v) is 1.79. The lowest BCUT2D eigenvalue weighted by Gasteiger charge is -2.09. The van der Waals surface area contributed by atoms with Crippen molar-refractivity contribution in [2.24, 2.45) is 0 Å². The monoisotopic (exact) mass is 266 g/mol. The number of carbonyl (C=O) groups is 2. The van der Waals surface area contributed by atoms with Crippen molar-refractivity contribution in [3.63, 3.8) is 0 Å². The predicted octanol–water partition coefficient (Wildman–Crippen LogP) is 2.30. The molecule has 0 aromatic heterocycles. The topological polar surface area (TPSA) is 78.4 Å². The normalized spacial score (nSPS) is 13.9. The highest BCUT2D eigenvalue weighted by Gasteiger charge is 2.26. The third-order valence-corrected chi connectivity index (χ3v) is 2.90. The van der Waals surface area contributed by atoms with E-state index in [0.29, 0.717) is 11.3 Å². The molecule has 6 heteroatoms. The predicted molar refractivity (Wildman–Crippen MR) is 67.6 cm³/mol. The van der Waals surface area contributed by atoms with E-state index in [2.05, 4.69) is 10.6 Å². The number of benzene rings is 1. The zero-order valence-corrected chi connectivity index (χ0v) is 10.3. The van der Waals surface area contributed by atoms with Gasteiger partial charge in [-0.25, -0.2) is 9.18 Å². The molecule has 1 fully saturated rings. The van der Waals surface area contributed by atoms with Crippen LogP contribution in [0.25, 0.3) is 0 Å². The number of nitrogens with one attached hydrogen (secondary N) is 2. The maximum absolute atomic E-state index is 13.5. The molecule has 19 heavy (non-hydrogen) atoms. The molecule has 1 aromatic carbocycles. The third-order valence-electron chi connectivity index (χ3n) is 2.90. The van der Waals surface area contributed by atoms with Crippen LogP contribution >= 0.6 is 0 Å². The van der Waals surface area contributed by atoms with Crippen molar-refractivity contribution in [1.29, 1.82) is 0 Å². The van der Waals surface area contributed by atoms with Gasteiger partial charge in [-0.15, -0.1) is 0 Å². The van der Waals surface area contributed by atoms with Gasteiger partial charge in [-0.2, -0.15) is 0 Å². The highest BCUT2D eigenvalue weighted by atomic mass is 19.1. The third kappa shape index (κ3) is 3.94. The molecular formula is C13H15FN2O3. The van der Waals surface area contributed by atoms with Crippen molar-refractivity contribution in [2.45, 2.75) is 25.2 Å². The van der Waals surface area contributed by atoms with Crippen molar-refractivity contribution in [3.05, 3.63) is 29.6 Å². The first-order chi connectivity index (χ1) is 9.06. The van der Waals surface area contributed by atoms with Crippen LogP contribution in [-0.4, -0.2) is 23.7 Å². The maximum atomic E-state index is 13.5. The van der Waals surface area contributed by atoms with E-state index in [1.54, 1.807) is 6.07 Å². The summed E-state index contributed by atoms with van der Waals surface area (Å²) in [5.74, 6) is -0.964. The largest absolute Gasteiger partial charge is 0.481 e. The van der Waals surface area contributed by atoms with E-state index < -0.39 is 12.0 Å². The number of aliphatic carboxylic acids is 1. The molecule has 1 saturated carbocycles. The van der Waals surface area contributed by atoms with Gasteiger partial charge in [0.15, 0.2) is 0 Å². The van der Waals surface area contributed by atoms with Crippen LogP contribution in [0.5, 0.6) is 0 Å². The number of hydrogen-bond donors (Lipinski definition) is 3. The first-order valence-electron chi connectivity index (χ1n) is 6.12. The maximum Gasteiger partial charge on any atom is 0.319 e. The van der Waals surface area contributed by atoms with Crippen LogP contribution in [0.1, 0.15) is 30.7 Å². The van der Waals surface area contributed by atoms with Crippen molar-refractivity contribution in [1.82, 2.24) is 5.32 Å². The number of hydrogen-bond acceptors (Lipinski definition) is 2. The minimum Gasteiger partial charge on any atom is -0.481 e. The van der Waals surface area contributed by atoms with E-state index in [9.17, 15) is 14.0 Å². The molecule has 0 spiro atoms. The summed E-state index contributed by atoms with van der Waals surface area (Å²) in [7, 11) is 0. The fourth-order valence-electron chi connectivity index (χ4n) is 1.79. The van der Waals surface area contributed by atoms with Gasteiger partial charge in [0, 0.05) is 12.2 Å². The smallest absolute Gasteiger partial charge is 0.319 e. The minimum absolute atomic E-state index is 0.0534. The molecule has 2 amide bonds.